The number of hydrogen-bond donors (Lipinski definition) is 1. The van der Waals surface area contributed by atoms with E-state index < -0.39 is 0 Å². The first kappa shape index (κ1) is 12.9. The summed E-state index contributed by atoms with van der Waals surface area (Å²) >= 11 is 0. The van der Waals surface area contributed by atoms with Gasteiger partial charge >= 0.3 is 0 Å². The van der Waals surface area contributed by atoms with Crippen molar-refractivity contribution in [3.8, 4) is 5.75 Å². The molecule has 0 bridgehead atoms. The molecule has 0 spiro atoms. The molecule has 0 fully saturated rings. The van der Waals surface area contributed by atoms with E-state index in [0.717, 1.165) is 43.1 Å². The van der Waals surface area contributed by atoms with Crippen molar-refractivity contribution >= 4 is 5.82 Å². The Morgan fingerprint density at radius 2 is 2.05 bits per heavy atom. The molecule has 0 radical (unpaired) electrons. The molecule has 3 rings (SSSR count). The lowest BCUT2D eigenvalue weighted by Crippen LogP contribution is -2.31. The minimum absolute atomic E-state index is 0.624. The van der Waals surface area contributed by atoms with E-state index in [-0.39, 0.29) is 0 Å². The van der Waals surface area contributed by atoms with Crippen LogP contribution in [0.2, 0.25) is 0 Å². The van der Waals surface area contributed by atoms with Crippen molar-refractivity contribution in [2.45, 2.75) is 19.5 Å². The number of aromatic nitrogens is 2. The zero-order valence-corrected chi connectivity index (χ0v) is 11.5. The molecule has 0 aliphatic carbocycles. The van der Waals surface area contributed by atoms with E-state index in [1.54, 1.807) is 13.4 Å². The van der Waals surface area contributed by atoms with Crippen molar-refractivity contribution in [3.63, 3.8) is 0 Å². The monoisotopic (exact) mass is 270 g/mol. The molecule has 0 amide bonds. The third-order valence-corrected chi connectivity index (χ3v) is 3.68. The third-order valence-electron chi connectivity index (χ3n) is 3.68. The van der Waals surface area contributed by atoms with Gasteiger partial charge in [0.25, 0.3) is 0 Å². The third kappa shape index (κ3) is 2.58. The first-order valence-electron chi connectivity index (χ1n) is 6.70. The van der Waals surface area contributed by atoms with Crippen LogP contribution in [0.1, 0.15) is 16.8 Å². The maximum atomic E-state index is 5.89. The number of methoxy groups -OCH3 is 1. The number of ether oxygens (including phenoxy) is 1. The fourth-order valence-corrected chi connectivity index (χ4v) is 2.56. The Morgan fingerprint density at radius 3 is 2.80 bits per heavy atom. The normalized spacial score (nSPS) is 14.8. The second-order valence-electron chi connectivity index (χ2n) is 4.99. The Balaban J connectivity index is 1.70. The van der Waals surface area contributed by atoms with E-state index in [1.165, 1.54) is 5.56 Å². The lowest BCUT2D eigenvalue weighted by atomic mass is 10.0. The Hall–Kier alpha value is -2.14. The van der Waals surface area contributed by atoms with E-state index in [9.17, 15) is 0 Å². The predicted octanol–water partition coefficient (Wildman–Crippen LogP) is 1.63. The van der Waals surface area contributed by atoms with Crippen LogP contribution in [0.15, 0.2) is 30.6 Å². The van der Waals surface area contributed by atoms with Gasteiger partial charge in [-0.2, -0.15) is 0 Å². The van der Waals surface area contributed by atoms with Gasteiger partial charge in [-0.05, 0) is 24.1 Å². The topological polar surface area (TPSA) is 64.3 Å². The minimum atomic E-state index is 0.624. The van der Waals surface area contributed by atoms with Crippen molar-refractivity contribution in [1.82, 2.24) is 14.9 Å². The summed E-state index contributed by atoms with van der Waals surface area (Å²) in [6.07, 6.45) is 2.46. The number of rotatable bonds is 3. The van der Waals surface area contributed by atoms with Gasteiger partial charge in [0.2, 0.25) is 0 Å². The maximum absolute atomic E-state index is 5.89. The SMILES string of the molecule is COc1ccc(CN2CCc3c(N)ncnc3C2)cc1. The number of nitrogens with zero attached hydrogens (tertiary/aromatic N) is 3. The standard InChI is InChI=1S/C15H18N4O/c1-20-12-4-2-11(3-5-12)8-19-7-6-13-14(9-19)17-10-18-15(13)16/h2-5,10H,6-9H2,1H3,(H2,16,17,18). The molecule has 0 saturated heterocycles. The van der Waals surface area contributed by atoms with Gasteiger partial charge in [0, 0.05) is 25.2 Å². The number of hydrogen-bond acceptors (Lipinski definition) is 5. The van der Waals surface area contributed by atoms with E-state index in [4.69, 9.17) is 10.5 Å². The van der Waals surface area contributed by atoms with Crippen LogP contribution in [0.4, 0.5) is 5.82 Å². The van der Waals surface area contributed by atoms with Crippen LogP contribution < -0.4 is 10.5 Å². The van der Waals surface area contributed by atoms with E-state index in [1.807, 2.05) is 12.1 Å². The molecule has 5 heteroatoms. The van der Waals surface area contributed by atoms with Gasteiger partial charge in [-0.3, -0.25) is 4.90 Å². The second kappa shape index (κ2) is 5.46. The largest absolute Gasteiger partial charge is 0.497 e. The first-order valence-corrected chi connectivity index (χ1v) is 6.70. The summed E-state index contributed by atoms with van der Waals surface area (Å²) < 4.78 is 5.17. The highest BCUT2D eigenvalue weighted by molar-refractivity contribution is 5.42. The van der Waals surface area contributed by atoms with Crippen molar-refractivity contribution in [1.29, 1.82) is 0 Å². The van der Waals surface area contributed by atoms with Crippen LogP contribution in [0.3, 0.4) is 0 Å². The van der Waals surface area contributed by atoms with Crippen molar-refractivity contribution in [3.05, 3.63) is 47.4 Å². The highest BCUT2D eigenvalue weighted by atomic mass is 16.5. The number of nitrogens with two attached hydrogens (primary N) is 1. The van der Waals surface area contributed by atoms with Crippen molar-refractivity contribution in [2.75, 3.05) is 19.4 Å². The average molecular weight is 270 g/mol. The van der Waals surface area contributed by atoms with Crippen LogP contribution in [0.25, 0.3) is 0 Å². The molecule has 0 atom stereocenters. The molecule has 20 heavy (non-hydrogen) atoms. The first-order chi connectivity index (χ1) is 9.76. The van der Waals surface area contributed by atoms with Crippen LogP contribution in [-0.4, -0.2) is 28.5 Å². The predicted molar refractivity (Wildman–Crippen MR) is 77.3 cm³/mol. The molecule has 5 nitrogen and oxygen atoms in total. The summed E-state index contributed by atoms with van der Waals surface area (Å²) in [6.45, 7) is 2.72. The molecule has 0 unspecified atom stereocenters. The Morgan fingerprint density at radius 1 is 1.25 bits per heavy atom. The molecule has 1 aliphatic heterocycles. The zero-order valence-electron chi connectivity index (χ0n) is 11.5. The molecule has 104 valence electrons. The summed E-state index contributed by atoms with van der Waals surface area (Å²) in [5.74, 6) is 1.51. The summed E-state index contributed by atoms with van der Waals surface area (Å²) in [5, 5.41) is 0. The molecule has 2 aromatic rings. The van der Waals surface area contributed by atoms with Gasteiger partial charge < -0.3 is 10.5 Å². The number of benzene rings is 1. The molecule has 1 aromatic carbocycles. The highest BCUT2D eigenvalue weighted by Gasteiger charge is 2.19. The maximum Gasteiger partial charge on any atom is 0.130 e. The number of nitrogen functional groups attached to an aromatic ring is 1. The van der Waals surface area contributed by atoms with Gasteiger partial charge in [0.1, 0.15) is 17.9 Å². The Labute approximate surface area is 118 Å². The molecule has 0 saturated carbocycles. The summed E-state index contributed by atoms with van der Waals surface area (Å²) in [4.78, 5) is 10.8. The summed E-state index contributed by atoms with van der Waals surface area (Å²) in [5.41, 5.74) is 9.32. The van der Waals surface area contributed by atoms with Crippen LogP contribution >= 0.6 is 0 Å². The second-order valence-corrected chi connectivity index (χ2v) is 4.99. The van der Waals surface area contributed by atoms with Crippen LogP contribution in [0, 0.1) is 0 Å². The number of anilines is 1. The summed E-state index contributed by atoms with van der Waals surface area (Å²) in [6, 6.07) is 8.19. The molecular weight excluding hydrogens is 252 g/mol. The Bertz CT molecular complexity index is 597. The Kier molecular flexibility index (Phi) is 3.52. The van der Waals surface area contributed by atoms with Crippen molar-refractivity contribution in [2.24, 2.45) is 0 Å². The van der Waals surface area contributed by atoms with Gasteiger partial charge in [0.05, 0.1) is 12.8 Å². The summed E-state index contributed by atoms with van der Waals surface area (Å²) in [7, 11) is 1.68. The number of fused-ring (bicyclic) bond motifs is 1. The van der Waals surface area contributed by atoms with Crippen molar-refractivity contribution < 1.29 is 4.74 Å². The lowest BCUT2D eigenvalue weighted by Gasteiger charge is -2.28. The minimum Gasteiger partial charge on any atom is -0.497 e. The fraction of sp³-hybridized carbons (Fsp3) is 0.333. The van der Waals surface area contributed by atoms with Crippen LogP contribution in [-0.2, 0) is 19.5 Å². The average Bonchev–Trinajstić information content (AvgIpc) is 2.48. The molecular formula is C15H18N4O. The van der Waals surface area contributed by atoms with Gasteiger partial charge in [-0.15, -0.1) is 0 Å². The van der Waals surface area contributed by atoms with E-state index in [2.05, 4.69) is 27.0 Å². The van der Waals surface area contributed by atoms with Crippen LogP contribution in [0.5, 0.6) is 5.75 Å². The smallest absolute Gasteiger partial charge is 0.130 e. The highest BCUT2D eigenvalue weighted by Crippen LogP contribution is 2.22. The van der Waals surface area contributed by atoms with Gasteiger partial charge in [0.15, 0.2) is 0 Å². The van der Waals surface area contributed by atoms with Gasteiger partial charge in [-0.1, -0.05) is 12.1 Å². The quantitative estimate of drug-likeness (QED) is 0.918. The molecule has 2 N–H and O–H groups in total. The molecule has 2 heterocycles. The lowest BCUT2D eigenvalue weighted by molar-refractivity contribution is 0.241. The molecule has 1 aromatic heterocycles. The van der Waals surface area contributed by atoms with Gasteiger partial charge in [-0.25, -0.2) is 9.97 Å². The van der Waals surface area contributed by atoms with E-state index in [0.29, 0.717) is 5.82 Å². The fourth-order valence-electron chi connectivity index (χ4n) is 2.56. The van der Waals surface area contributed by atoms with E-state index >= 15 is 0 Å². The zero-order chi connectivity index (χ0) is 13.9. The molecule has 1 aliphatic rings.